The average Bonchev–Trinajstić information content (AvgIpc) is 2.16. The van der Waals surface area contributed by atoms with Crippen LogP contribution in [-0.2, 0) is 4.74 Å². The van der Waals surface area contributed by atoms with Gasteiger partial charge < -0.3 is 10.1 Å². The highest BCUT2D eigenvalue weighted by Gasteiger charge is 2.13. The van der Waals surface area contributed by atoms with Crippen molar-refractivity contribution in [3.8, 4) is 0 Å². The van der Waals surface area contributed by atoms with Crippen LogP contribution in [0.1, 0.15) is 38.2 Å². The van der Waals surface area contributed by atoms with Crippen LogP contribution in [0.3, 0.4) is 0 Å². The Morgan fingerprint density at radius 3 is 2.69 bits per heavy atom. The van der Waals surface area contributed by atoms with Gasteiger partial charge in [-0.25, -0.2) is 14.8 Å². The molecule has 1 aromatic heterocycles. The van der Waals surface area contributed by atoms with Crippen LogP contribution in [0.2, 0.25) is 0 Å². The van der Waals surface area contributed by atoms with Gasteiger partial charge in [-0.05, 0) is 27.7 Å². The zero-order valence-corrected chi connectivity index (χ0v) is 10.1. The molecule has 0 saturated carbocycles. The summed E-state index contributed by atoms with van der Waals surface area (Å²) in [6.07, 6.45) is 1.35. The number of nitrogens with one attached hydrogen (secondary N) is 1. The molecule has 1 aromatic rings. The SMILES string of the molecule is CCOC(=O)c1cc(NC(C)(C)C)ncn1. The number of anilines is 1. The van der Waals surface area contributed by atoms with Crippen LogP contribution in [0.25, 0.3) is 0 Å². The fourth-order valence-electron chi connectivity index (χ4n) is 1.13. The Morgan fingerprint density at radius 1 is 1.44 bits per heavy atom. The van der Waals surface area contributed by atoms with Gasteiger partial charge in [-0.15, -0.1) is 0 Å². The van der Waals surface area contributed by atoms with Crippen LogP contribution in [0.4, 0.5) is 5.82 Å². The summed E-state index contributed by atoms with van der Waals surface area (Å²) in [5.74, 6) is 0.187. The monoisotopic (exact) mass is 223 g/mol. The second-order valence-corrected chi connectivity index (χ2v) is 4.38. The highest BCUT2D eigenvalue weighted by molar-refractivity contribution is 5.87. The summed E-state index contributed by atoms with van der Waals surface area (Å²) in [6.45, 7) is 8.13. The molecule has 0 fully saturated rings. The zero-order valence-electron chi connectivity index (χ0n) is 10.1. The number of nitrogens with zero attached hydrogens (tertiary/aromatic N) is 2. The molecule has 16 heavy (non-hydrogen) atoms. The molecule has 5 heteroatoms. The van der Waals surface area contributed by atoms with Crippen molar-refractivity contribution in [1.82, 2.24) is 9.97 Å². The number of hydrogen-bond acceptors (Lipinski definition) is 5. The minimum Gasteiger partial charge on any atom is -0.461 e. The van der Waals surface area contributed by atoms with Gasteiger partial charge in [-0.3, -0.25) is 0 Å². The number of esters is 1. The summed E-state index contributed by atoms with van der Waals surface area (Å²) in [6, 6.07) is 1.59. The molecule has 0 aliphatic rings. The van der Waals surface area contributed by atoms with E-state index in [1.54, 1.807) is 13.0 Å². The van der Waals surface area contributed by atoms with Crippen molar-refractivity contribution in [3.63, 3.8) is 0 Å². The van der Waals surface area contributed by atoms with E-state index < -0.39 is 5.97 Å². The summed E-state index contributed by atoms with van der Waals surface area (Å²) in [7, 11) is 0. The molecule has 1 N–H and O–H groups in total. The van der Waals surface area contributed by atoms with Gasteiger partial charge in [-0.2, -0.15) is 0 Å². The quantitative estimate of drug-likeness (QED) is 0.792. The second-order valence-electron chi connectivity index (χ2n) is 4.38. The summed E-state index contributed by atoms with van der Waals surface area (Å²) >= 11 is 0. The Kier molecular flexibility index (Phi) is 3.82. The molecule has 88 valence electrons. The molecule has 1 rings (SSSR count). The molecule has 0 saturated heterocycles. The molecule has 0 radical (unpaired) electrons. The predicted octanol–water partition coefficient (Wildman–Crippen LogP) is 1.86. The largest absolute Gasteiger partial charge is 0.461 e. The number of hydrogen-bond donors (Lipinski definition) is 1. The third-order valence-electron chi connectivity index (χ3n) is 1.65. The number of carbonyl (C=O) groups is 1. The highest BCUT2D eigenvalue weighted by atomic mass is 16.5. The maximum absolute atomic E-state index is 11.4. The van der Waals surface area contributed by atoms with Crippen molar-refractivity contribution in [2.75, 3.05) is 11.9 Å². The molecule has 0 amide bonds. The third kappa shape index (κ3) is 3.84. The second kappa shape index (κ2) is 4.92. The fraction of sp³-hybridized carbons (Fsp3) is 0.545. The maximum Gasteiger partial charge on any atom is 0.357 e. The van der Waals surface area contributed by atoms with Crippen molar-refractivity contribution in [2.45, 2.75) is 33.2 Å². The zero-order chi connectivity index (χ0) is 12.2. The molecule has 0 aromatic carbocycles. The van der Waals surface area contributed by atoms with E-state index in [0.29, 0.717) is 12.4 Å². The van der Waals surface area contributed by atoms with Crippen molar-refractivity contribution >= 4 is 11.8 Å². The van der Waals surface area contributed by atoms with Crippen LogP contribution in [-0.4, -0.2) is 28.1 Å². The van der Waals surface area contributed by atoms with Gasteiger partial charge in [0.05, 0.1) is 6.61 Å². The molecule has 5 nitrogen and oxygen atoms in total. The molecular formula is C11H17N3O2. The number of rotatable bonds is 3. The average molecular weight is 223 g/mol. The van der Waals surface area contributed by atoms with E-state index in [2.05, 4.69) is 15.3 Å². The van der Waals surface area contributed by atoms with E-state index in [0.717, 1.165) is 0 Å². The lowest BCUT2D eigenvalue weighted by atomic mass is 10.1. The summed E-state index contributed by atoms with van der Waals surface area (Å²) in [4.78, 5) is 19.3. The highest BCUT2D eigenvalue weighted by Crippen LogP contribution is 2.12. The molecule has 0 unspecified atom stereocenters. The molecule has 1 heterocycles. The number of aromatic nitrogens is 2. The van der Waals surface area contributed by atoms with E-state index in [9.17, 15) is 4.79 Å². The van der Waals surface area contributed by atoms with Crippen LogP contribution < -0.4 is 5.32 Å². The molecule has 0 atom stereocenters. The Hall–Kier alpha value is -1.65. The maximum atomic E-state index is 11.4. The molecular weight excluding hydrogens is 206 g/mol. The van der Waals surface area contributed by atoms with Crippen LogP contribution >= 0.6 is 0 Å². The fourth-order valence-corrected chi connectivity index (χ4v) is 1.13. The molecule has 0 aliphatic carbocycles. The number of ether oxygens (including phenoxy) is 1. The van der Waals surface area contributed by atoms with E-state index in [-0.39, 0.29) is 11.2 Å². The van der Waals surface area contributed by atoms with E-state index in [4.69, 9.17) is 4.74 Å². The van der Waals surface area contributed by atoms with Gasteiger partial charge in [0.2, 0.25) is 0 Å². The van der Waals surface area contributed by atoms with Gasteiger partial charge in [0, 0.05) is 11.6 Å². The first-order valence-electron chi connectivity index (χ1n) is 5.19. The van der Waals surface area contributed by atoms with Gasteiger partial charge in [0.15, 0.2) is 5.69 Å². The standard InChI is InChI=1S/C11H17N3O2/c1-5-16-10(15)8-6-9(13-7-12-8)14-11(2,3)4/h6-7H,5H2,1-4H3,(H,12,13,14). The molecule has 0 spiro atoms. The number of carbonyl (C=O) groups excluding carboxylic acids is 1. The van der Waals surface area contributed by atoms with Crippen LogP contribution in [0.15, 0.2) is 12.4 Å². The van der Waals surface area contributed by atoms with Gasteiger partial charge >= 0.3 is 5.97 Å². The Labute approximate surface area is 95.3 Å². The minimum atomic E-state index is -0.429. The first-order valence-corrected chi connectivity index (χ1v) is 5.19. The Morgan fingerprint density at radius 2 is 2.12 bits per heavy atom. The summed E-state index contributed by atoms with van der Waals surface area (Å²) in [5.41, 5.74) is 0.156. The lowest BCUT2D eigenvalue weighted by Crippen LogP contribution is -2.27. The van der Waals surface area contributed by atoms with Gasteiger partial charge in [0.1, 0.15) is 12.1 Å². The smallest absolute Gasteiger partial charge is 0.357 e. The van der Waals surface area contributed by atoms with Crippen molar-refractivity contribution in [3.05, 3.63) is 18.1 Å². The summed E-state index contributed by atoms with van der Waals surface area (Å²) in [5, 5.41) is 3.16. The summed E-state index contributed by atoms with van der Waals surface area (Å²) < 4.78 is 4.86. The minimum absolute atomic E-state index is 0.111. The van der Waals surface area contributed by atoms with Crippen molar-refractivity contribution < 1.29 is 9.53 Å². The predicted molar refractivity (Wildman–Crippen MR) is 61.4 cm³/mol. The Balaban J connectivity index is 2.83. The van der Waals surface area contributed by atoms with Crippen molar-refractivity contribution in [1.29, 1.82) is 0 Å². The topological polar surface area (TPSA) is 64.1 Å². The van der Waals surface area contributed by atoms with Gasteiger partial charge in [-0.1, -0.05) is 0 Å². The van der Waals surface area contributed by atoms with Crippen molar-refractivity contribution in [2.24, 2.45) is 0 Å². The van der Waals surface area contributed by atoms with E-state index >= 15 is 0 Å². The third-order valence-corrected chi connectivity index (χ3v) is 1.65. The Bertz CT molecular complexity index is 372. The van der Waals surface area contributed by atoms with Crippen LogP contribution in [0.5, 0.6) is 0 Å². The molecule has 0 aliphatic heterocycles. The lowest BCUT2D eigenvalue weighted by molar-refractivity contribution is 0.0519. The first kappa shape index (κ1) is 12.4. The normalized spacial score (nSPS) is 11.0. The van der Waals surface area contributed by atoms with E-state index in [1.807, 2.05) is 20.8 Å². The van der Waals surface area contributed by atoms with Gasteiger partial charge in [0.25, 0.3) is 0 Å². The molecule has 0 bridgehead atoms. The lowest BCUT2D eigenvalue weighted by Gasteiger charge is -2.21. The first-order chi connectivity index (χ1) is 7.42. The van der Waals surface area contributed by atoms with E-state index in [1.165, 1.54) is 6.33 Å². The van der Waals surface area contributed by atoms with Crippen LogP contribution in [0, 0.1) is 0 Å².